The predicted octanol–water partition coefficient (Wildman–Crippen LogP) is 1.79. The zero-order chi connectivity index (χ0) is 21.0. The minimum atomic E-state index is -0.641. The van der Waals surface area contributed by atoms with Gasteiger partial charge in [0.15, 0.2) is 18.1 Å². The molecule has 0 aromatic heterocycles. The Labute approximate surface area is 165 Å². The van der Waals surface area contributed by atoms with Crippen LogP contribution < -0.4 is 20.5 Å². The number of benzene rings is 2. The Morgan fingerprint density at radius 1 is 1.21 bits per heavy atom. The Morgan fingerprint density at radius 2 is 1.97 bits per heavy atom. The summed E-state index contributed by atoms with van der Waals surface area (Å²) in [6.45, 7) is -0.492. The third kappa shape index (κ3) is 4.52. The Bertz CT molecular complexity index is 1010. The summed E-state index contributed by atoms with van der Waals surface area (Å²) >= 11 is 0. The number of carbonyl (C=O) groups is 3. The second-order valence-electron chi connectivity index (χ2n) is 6.14. The Hall–Kier alpha value is -3.88. The van der Waals surface area contributed by atoms with Crippen LogP contribution in [0.3, 0.4) is 0 Å². The number of amides is 4. The number of hydrogen-bond donors (Lipinski definition) is 2. The molecule has 0 bridgehead atoms. The molecule has 1 aliphatic heterocycles. The zero-order valence-corrected chi connectivity index (χ0v) is 15.5. The number of carbonyl (C=O) groups excluding carboxylic acids is 3. The molecule has 0 saturated carbocycles. The third-order valence-electron chi connectivity index (χ3n) is 4.12. The van der Waals surface area contributed by atoms with Gasteiger partial charge in [0.2, 0.25) is 0 Å². The van der Waals surface area contributed by atoms with Crippen molar-refractivity contribution >= 4 is 23.9 Å². The molecule has 8 nitrogen and oxygen atoms in total. The Morgan fingerprint density at radius 3 is 2.66 bits per heavy atom. The lowest BCUT2D eigenvalue weighted by Crippen LogP contribution is -2.30. The van der Waals surface area contributed by atoms with E-state index in [-0.39, 0.29) is 24.4 Å². The number of hydrogen-bond acceptors (Lipinski definition) is 5. The number of rotatable bonds is 7. The van der Waals surface area contributed by atoms with Crippen LogP contribution in [0.25, 0.3) is 6.08 Å². The fourth-order valence-corrected chi connectivity index (χ4v) is 2.72. The molecule has 2 aromatic rings. The first-order chi connectivity index (χ1) is 13.9. The molecule has 29 heavy (non-hydrogen) atoms. The summed E-state index contributed by atoms with van der Waals surface area (Å²) < 4.78 is 24.3. The van der Waals surface area contributed by atoms with Gasteiger partial charge < -0.3 is 20.5 Å². The van der Waals surface area contributed by atoms with Crippen molar-refractivity contribution in [3.8, 4) is 11.5 Å². The van der Waals surface area contributed by atoms with Crippen LogP contribution in [0.5, 0.6) is 11.5 Å². The number of primary amides is 1. The topological polar surface area (TPSA) is 111 Å². The molecule has 1 aliphatic rings. The van der Waals surface area contributed by atoms with Gasteiger partial charge in [-0.15, -0.1) is 0 Å². The van der Waals surface area contributed by atoms with Crippen LogP contribution in [0.15, 0.2) is 48.2 Å². The summed E-state index contributed by atoms with van der Waals surface area (Å²) in [6.07, 6.45) is 1.46. The highest BCUT2D eigenvalue weighted by Gasteiger charge is 2.34. The summed E-state index contributed by atoms with van der Waals surface area (Å²) in [6, 6.07) is 10.0. The van der Waals surface area contributed by atoms with Crippen molar-refractivity contribution < 1.29 is 28.2 Å². The van der Waals surface area contributed by atoms with Crippen molar-refractivity contribution in [3.63, 3.8) is 0 Å². The van der Waals surface area contributed by atoms with Crippen molar-refractivity contribution in [3.05, 3.63) is 65.1 Å². The molecule has 1 saturated heterocycles. The number of urea groups is 1. The van der Waals surface area contributed by atoms with Gasteiger partial charge in [-0.25, -0.2) is 9.18 Å². The fourth-order valence-electron chi connectivity index (χ4n) is 2.72. The van der Waals surface area contributed by atoms with E-state index in [2.05, 4.69) is 5.32 Å². The average molecular weight is 399 g/mol. The van der Waals surface area contributed by atoms with Gasteiger partial charge in [-0.2, -0.15) is 0 Å². The van der Waals surface area contributed by atoms with Crippen LogP contribution >= 0.6 is 0 Å². The standard InChI is InChI=1S/C20H18FN3O5/c1-28-17-9-12(6-7-16(17)29-11-18(22)25)8-15-19(26)24(20(27)23-15)10-13-4-2-3-5-14(13)21/h2-9H,10-11H2,1H3,(H2,22,25)(H,23,27). The quantitative estimate of drug-likeness (QED) is 0.545. The van der Waals surface area contributed by atoms with Crippen LogP contribution in [0.4, 0.5) is 9.18 Å². The van der Waals surface area contributed by atoms with E-state index in [9.17, 15) is 18.8 Å². The van der Waals surface area contributed by atoms with Crippen molar-refractivity contribution in [2.45, 2.75) is 6.54 Å². The van der Waals surface area contributed by atoms with Gasteiger partial charge in [-0.1, -0.05) is 24.3 Å². The molecule has 1 heterocycles. The molecule has 0 spiro atoms. The molecule has 2 aromatic carbocycles. The van der Waals surface area contributed by atoms with Crippen molar-refractivity contribution in [2.75, 3.05) is 13.7 Å². The summed E-state index contributed by atoms with van der Waals surface area (Å²) in [4.78, 5) is 36.5. The second kappa shape index (κ2) is 8.42. The molecule has 0 radical (unpaired) electrons. The zero-order valence-electron chi connectivity index (χ0n) is 15.5. The molecule has 0 unspecified atom stereocenters. The predicted molar refractivity (Wildman–Crippen MR) is 101 cm³/mol. The fraction of sp³-hybridized carbons (Fsp3) is 0.150. The first-order valence-corrected chi connectivity index (χ1v) is 8.56. The smallest absolute Gasteiger partial charge is 0.329 e. The highest BCUT2D eigenvalue weighted by Crippen LogP contribution is 2.29. The minimum absolute atomic E-state index is 0.0409. The molecule has 0 atom stereocenters. The van der Waals surface area contributed by atoms with E-state index < -0.39 is 23.7 Å². The monoisotopic (exact) mass is 399 g/mol. The van der Waals surface area contributed by atoms with Crippen molar-refractivity contribution in [2.24, 2.45) is 5.73 Å². The molecular formula is C20H18FN3O5. The average Bonchev–Trinajstić information content (AvgIpc) is 2.95. The van der Waals surface area contributed by atoms with E-state index in [1.165, 1.54) is 31.4 Å². The van der Waals surface area contributed by atoms with Gasteiger partial charge in [0.1, 0.15) is 11.5 Å². The third-order valence-corrected chi connectivity index (χ3v) is 4.12. The summed E-state index contributed by atoms with van der Waals surface area (Å²) in [7, 11) is 1.42. The molecule has 0 aliphatic carbocycles. The Balaban J connectivity index is 1.80. The number of imide groups is 1. The van der Waals surface area contributed by atoms with E-state index in [1.54, 1.807) is 24.3 Å². The van der Waals surface area contributed by atoms with Crippen LogP contribution in [-0.2, 0) is 16.1 Å². The van der Waals surface area contributed by atoms with Crippen LogP contribution in [0.1, 0.15) is 11.1 Å². The van der Waals surface area contributed by atoms with E-state index in [4.69, 9.17) is 15.2 Å². The molecule has 3 N–H and O–H groups in total. The van der Waals surface area contributed by atoms with Gasteiger partial charge in [-0.3, -0.25) is 14.5 Å². The number of nitrogens with two attached hydrogens (primary N) is 1. The number of methoxy groups -OCH3 is 1. The molecular weight excluding hydrogens is 381 g/mol. The maximum atomic E-state index is 13.8. The minimum Gasteiger partial charge on any atom is -0.493 e. The SMILES string of the molecule is COc1cc(C=C2NC(=O)N(Cc3ccccc3F)C2=O)ccc1OCC(N)=O. The highest BCUT2D eigenvalue weighted by atomic mass is 19.1. The lowest BCUT2D eigenvalue weighted by molar-refractivity contribution is -0.123. The highest BCUT2D eigenvalue weighted by molar-refractivity contribution is 6.13. The van der Waals surface area contributed by atoms with E-state index in [0.717, 1.165) is 4.90 Å². The first kappa shape index (κ1) is 19.9. The molecule has 4 amide bonds. The van der Waals surface area contributed by atoms with Crippen LogP contribution in [0.2, 0.25) is 0 Å². The molecule has 150 valence electrons. The summed E-state index contributed by atoms with van der Waals surface area (Å²) in [5, 5.41) is 2.48. The number of halogens is 1. The Kier molecular flexibility index (Phi) is 5.77. The van der Waals surface area contributed by atoms with E-state index in [1.807, 2.05) is 0 Å². The number of nitrogens with one attached hydrogen (secondary N) is 1. The normalized spacial score (nSPS) is 14.8. The lowest BCUT2D eigenvalue weighted by Gasteiger charge is -2.12. The van der Waals surface area contributed by atoms with E-state index >= 15 is 0 Å². The lowest BCUT2D eigenvalue weighted by atomic mass is 10.1. The van der Waals surface area contributed by atoms with Gasteiger partial charge in [0.05, 0.1) is 13.7 Å². The molecule has 9 heteroatoms. The largest absolute Gasteiger partial charge is 0.493 e. The van der Waals surface area contributed by atoms with Gasteiger partial charge in [0.25, 0.3) is 11.8 Å². The van der Waals surface area contributed by atoms with Crippen molar-refractivity contribution in [1.82, 2.24) is 10.2 Å². The maximum absolute atomic E-state index is 13.8. The van der Waals surface area contributed by atoms with Crippen LogP contribution in [0, 0.1) is 5.82 Å². The van der Waals surface area contributed by atoms with Crippen LogP contribution in [-0.4, -0.2) is 36.5 Å². The van der Waals surface area contributed by atoms with E-state index in [0.29, 0.717) is 17.1 Å². The number of nitrogens with zero attached hydrogens (tertiary/aromatic N) is 1. The van der Waals surface area contributed by atoms with Gasteiger partial charge in [-0.05, 0) is 29.8 Å². The van der Waals surface area contributed by atoms with Gasteiger partial charge >= 0.3 is 6.03 Å². The number of ether oxygens (including phenoxy) is 2. The maximum Gasteiger partial charge on any atom is 0.329 e. The second-order valence-corrected chi connectivity index (χ2v) is 6.14. The van der Waals surface area contributed by atoms with Gasteiger partial charge in [0, 0.05) is 5.56 Å². The molecule has 1 fully saturated rings. The van der Waals surface area contributed by atoms with Crippen molar-refractivity contribution in [1.29, 1.82) is 0 Å². The summed E-state index contributed by atoms with van der Waals surface area (Å²) in [5.74, 6) is -1.09. The first-order valence-electron chi connectivity index (χ1n) is 8.56. The summed E-state index contributed by atoms with van der Waals surface area (Å²) in [5.41, 5.74) is 5.87. The molecule has 3 rings (SSSR count).